The zero-order valence-corrected chi connectivity index (χ0v) is 17.3. The summed E-state index contributed by atoms with van der Waals surface area (Å²) in [4.78, 5) is 17.5. The number of aryl methyl sites for hydroxylation is 2. The third-order valence-electron chi connectivity index (χ3n) is 5.51. The van der Waals surface area contributed by atoms with E-state index >= 15 is 0 Å². The van der Waals surface area contributed by atoms with Gasteiger partial charge in [0.25, 0.3) is 5.91 Å². The molecule has 2 aromatic heterocycles. The Bertz CT molecular complexity index is 1160. The summed E-state index contributed by atoms with van der Waals surface area (Å²) in [6, 6.07) is 7.16. The molecule has 1 fully saturated rings. The number of nitriles is 1. The molecule has 0 saturated carbocycles. The molecule has 6 nitrogen and oxygen atoms in total. The number of fused-ring (bicyclic) bond motifs is 1. The molecule has 1 aliphatic heterocycles. The average Bonchev–Trinajstić information content (AvgIpc) is 3.07. The first-order chi connectivity index (χ1) is 13.9. The molecular formula is C21H20FN5OS. The van der Waals surface area contributed by atoms with Gasteiger partial charge in [-0.3, -0.25) is 4.79 Å². The summed E-state index contributed by atoms with van der Waals surface area (Å²) in [5.74, 6) is 0.203. The van der Waals surface area contributed by atoms with Crippen molar-refractivity contribution in [3.63, 3.8) is 0 Å². The Morgan fingerprint density at radius 1 is 1.14 bits per heavy atom. The summed E-state index contributed by atoms with van der Waals surface area (Å²) in [6.45, 7) is 7.65. The highest BCUT2D eigenvalue weighted by Crippen LogP contribution is 2.33. The van der Waals surface area contributed by atoms with E-state index in [2.05, 4.69) is 16.3 Å². The molecule has 0 bridgehead atoms. The molecule has 1 saturated heterocycles. The molecule has 3 heterocycles. The Morgan fingerprint density at radius 2 is 1.86 bits per heavy atom. The number of thiophene rings is 1. The zero-order chi connectivity index (χ0) is 20.7. The van der Waals surface area contributed by atoms with Crippen LogP contribution in [0.25, 0.3) is 10.1 Å². The lowest BCUT2D eigenvalue weighted by Gasteiger charge is -2.35. The van der Waals surface area contributed by atoms with Gasteiger partial charge in [-0.05, 0) is 44.0 Å². The zero-order valence-electron chi connectivity index (χ0n) is 16.5. The van der Waals surface area contributed by atoms with Crippen molar-refractivity contribution in [1.29, 1.82) is 5.26 Å². The number of anilines is 1. The van der Waals surface area contributed by atoms with Crippen molar-refractivity contribution in [3.8, 4) is 6.07 Å². The quantitative estimate of drug-likeness (QED) is 0.647. The van der Waals surface area contributed by atoms with Crippen LogP contribution in [-0.4, -0.2) is 47.2 Å². The first-order valence-corrected chi connectivity index (χ1v) is 10.2. The van der Waals surface area contributed by atoms with Crippen molar-refractivity contribution in [2.24, 2.45) is 0 Å². The number of halogens is 1. The van der Waals surface area contributed by atoms with E-state index in [-0.39, 0.29) is 11.7 Å². The molecule has 1 aromatic carbocycles. The van der Waals surface area contributed by atoms with E-state index in [1.807, 2.05) is 24.8 Å². The second kappa shape index (κ2) is 7.41. The number of piperazine rings is 1. The highest BCUT2D eigenvalue weighted by molar-refractivity contribution is 7.21. The maximum absolute atomic E-state index is 14.2. The molecule has 0 radical (unpaired) electrons. The number of rotatable bonds is 2. The Morgan fingerprint density at radius 3 is 2.52 bits per heavy atom. The topological polar surface area (TPSA) is 73.1 Å². The van der Waals surface area contributed by atoms with Crippen LogP contribution >= 0.6 is 11.3 Å². The van der Waals surface area contributed by atoms with Crippen molar-refractivity contribution >= 4 is 33.1 Å². The molecule has 1 amide bonds. The number of hydrogen-bond donors (Lipinski definition) is 0. The smallest absolute Gasteiger partial charge is 0.264 e. The molecule has 29 heavy (non-hydrogen) atoms. The summed E-state index contributed by atoms with van der Waals surface area (Å²) in [7, 11) is 0. The van der Waals surface area contributed by atoms with Crippen molar-refractivity contribution in [3.05, 3.63) is 51.3 Å². The second-order valence-corrected chi connectivity index (χ2v) is 8.22. The normalized spacial score (nSPS) is 14.3. The summed E-state index contributed by atoms with van der Waals surface area (Å²) in [5, 5.41) is 18.4. The SMILES string of the molecule is Cc1nnc(N2CCN(C(=O)c3sc4cccc(F)c4c3C)CC2)c(C#N)c1C. The molecule has 0 atom stereocenters. The molecule has 0 N–H and O–H groups in total. The maximum atomic E-state index is 14.2. The van der Waals surface area contributed by atoms with Crippen LogP contribution in [0, 0.1) is 37.9 Å². The van der Waals surface area contributed by atoms with Gasteiger partial charge in [-0.2, -0.15) is 10.4 Å². The second-order valence-electron chi connectivity index (χ2n) is 7.17. The summed E-state index contributed by atoms with van der Waals surface area (Å²) < 4.78 is 15.0. The number of hydrogen-bond acceptors (Lipinski definition) is 6. The molecule has 1 aliphatic rings. The van der Waals surface area contributed by atoms with Gasteiger partial charge in [0.1, 0.15) is 17.4 Å². The van der Waals surface area contributed by atoms with Crippen molar-refractivity contribution < 1.29 is 9.18 Å². The maximum Gasteiger partial charge on any atom is 0.264 e. The number of aromatic nitrogens is 2. The third kappa shape index (κ3) is 3.21. The number of amides is 1. The van der Waals surface area contributed by atoms with Crippen molar-refractivity contribution in [1.82, 2.24) is 15.1 Å². The van der Waals surface area contributed by atoms with Gasteiger partial charge in [0, 0.05) is 36.3 Å². The predicted octanol–water partition coefficient (Wildman–Crippen LogP) is 3.59. The van der Waals surface area contributed by atoms with Crippen LogP contribution in [0.1, 0.15) is 32.1 Å². The van der Waals surface area contributed by atoms with E-state index in [9.17, 15) is 14.4 Å². The van der Waals surface area contributed by atoms with Crippen LogP contribution in [0.2, 0.25) is 0 Å². The Kier molecular flexibility index (Phi) is 4.92. The van der Waals surface area contributed by atoms with Crippen LogP contribution in [0.5, 0.6) is 0 Å². The Balaban J connectivity index is 1.55. The summed E-state index contributed by atoms with van der Waals surface area (Å²) in [6.07, 6.45) is 0. The molecule has 3 aromatic rings. The molecule has 0 spiro atoms. The number of carbonyl (C=O) groups is 1. The molecule has 0 unspecified atom stereocenters. The van der Waals surface area contributed by atoms with Gasteiger partial charge in [0.05, 0.1) is 10.6 Å². The van der Waals surface area contributed by atoms with Gasteiger partial charge in [-0.25, -0.2) is 4.39 Å². The highest BCUT2D eigenvalue weighted by atomic mass is 32.1. The average molecular weight is 409 g/mol. The molecule has 148 valence electrons. The fraction of sp³-hybridized carbons (Fsp3) is 0.333. The first-order valence-electron chi connectivity index (χ1n) is 9.38. The fourth-order valence-corrected chi connectivity index (χ4v) is 4.86. The number of benzene rings is 1. The van der Waals surface area contributed by atoms with E-state index in [0.29, 0.717) is 53.4 Å². The van der Waals surface area contributed by atoms with Crippen LogP contribution in [0.3, 0.4) is 0 Å². The largest absolute Gasteiger partial charge is 0.350 e. The third-order valence-corrected chi connectivity index (χ3v) is 6.76. The fourth-order valence-electron chi connectivity index (χ4n) is 3.67. The Labute approximate surface area is 172 Å². The Hall–Kier alpha value is -3.05. The number of nitrogens with zero attached hydrogens (tertiary/aromatic N) is 5. The molecule has 4 rings (SSSR count). The van der Waals surface area contributed by atoms with Crippen molar-refractivity contribution in [2.75, 3.05) is 31.1 Å². The van der Waals surface area contributed by atoms with E-state index < -0.39 is 0 Å². The minimum absolute atomic E-state index is 0.0746. The van der Waals surface area contributed by atoms with E-state index in [1.165, 1.54) is 17.4 Å². The van der Waals surface area contributed by atoms with Crippen LogP contribution in [-0.2, 0) is 0 Å². The van der Waals surface area contributed by atoms with Crippen molar-refractivity contribution in [2.45, 2.75) is 20.8 Å². The van der Waals surface area contributed by atoms with Crippen LogP contribution < -0.4 is 4.90 Å². The van der Waals surface area contributed by atoms with E-state index in [1.54, 1.807) is 17.9 Å². The van der Waals surface area contributed by atoms with Crippen LogP contribution in [0.4, 0.5) is 10.2 Å². The summed E-state index contributed by atoms with van der Waals surface area (Å²) >= 11 is 1.34. The highest BCUT2D eigenvalue weighted by Gasteiger charge is 2.28. The minimum Gasteiger partial charge on any atom is -0.350 e. The minimum atomic E-state index is -0.294. The standard InChI is InChI=1S/C21H20FN5OS/c1-12-14(3)24-25-20(15(12)11-23)26-7-9-27(10-8-26)21(28)19-13(2)18-16(22)5-4-6-17(18)29-19/h4-6H,7-10H2,1-3H3. The van der Waals surface area contributed by atoms with Gasteiger partial charge in [0.15, 0.2) is 5.82 Å². The molecule has 0 aliphatic carbocycles. The molecule has 8 heteroatoms. The lowest BCUT2D eigenvalue weighted by Crippen LogP contribution is -2.49. The van der Waals surface area contributed by atoms with Gasteiger partial charge in [0.2, 0.25) is 0 Å². The van der Waals surface area contributed by atoms with Gasteiger partial charge < -0.3 is 9.80 Å². The van der Waals surface area contributed by atoms with Crippen LogP contribution in [0.15, 0.2) is 18.2 Å². The monoisotopic (exact) mass is 409 g/mol. The first kappa shape index (κ1) is 19.3. The number of carbonyl (C=O) groups excluding carboxylic acids is 1. The predicted molar refractivity (Wildman–Crippen MR) is 111 cm³/mol. The van der Waals surface area contributed by atoms with E-state index in [0.717, 1.165) is 16.0 Å². The van der Waals surface area contributed by atoms with Gasteiger partial charge in [-0.15, -0.1) is 16.4 Å². The van der Waals surface area contributed by atoms with Gasteiger partial charge >= 0.3 is 0 Å². The molecular weight excluding hydrogens is 389 g/mol. The van der Waals surface area contributed by atoms with E-state index in [4.69, 9.17) is 0 Å². The summed E-state index contributed by atoms with van der Waals surface area (Å²) in [5.41, 5.74) is 2.81. The van der Waals surface area contributed by atoms with Gasteiger partial charge in [-0.1, -0.05) is 6.07 Å². The lowest BCUT2D eigenvalue weighted by atomic mass is 10.1. The lowest BCUT2D eigenvalue weighted by molar-refractivity contribution is 0.0751.